The van der Waals surface area contributed by atoms with E-state index in [4.69, 9.17) is 4.42 Å². The van der Waals surface area contributed by atoms with Gasteiger partial charge in [-0.3, -0.25) is 14.4 Å². The molecule has 8 nitrogen and oxygen atoms in total. The van der Waals surface area contributed by atoms with E-state index in [1.807, 2.05) is 6.92 Å². The van der Waals surface area contributed by atoms with Gasteiger partial charge in [0.2, 0.25) is 0 Å². The fraction of sp³-hybridized carbons (Fsp3) is 0.200. The molecule has 2 heterocycles. The lowest BCUT2D eigenvalue weighted by atomic mass is 10.2. The highest BCUT2D eigenvalue weighted by Gasteiger charge is 2.11. The van der Waals surface area contributed by atoms with Crippen molar-refractivity contribution in [3.05, 3.63) is 76.6 Å². The lowest BCUT2D eigenvalue weighted by Crippen LogP contribution is -2.26. The Kier molecular flexibility index (Phi) is 6.01. The molecule has 8 heteroatoms. The quantitative estimate of drug-likeness (QED) is 0.655. The van der Waals surface area contributed by atoms with Crippen molar-refractivity contribution >= 4 is 23.2 Å². The Morgan fingerprint density at radius 1 is 1.00 bits per heavy atom. The number of amides is 2. The normalized spacial score (nSPS) is 10.5. The van der Waals surface area contributed by atoms with Crippen LogP contribution in [0.15, 0.2) is 64.0 Å². The molecule has 0 unspecified atom stereocenters. The number of furan rings is 1. The van der Waals surface area contributed by atoms with Gasteiger partial charge >= 0.3 is 0 Å². The van der Waals surface area contributed by atoms with Gasteiger partial charge in [0.1, 0.15) is 5.69 Å². The maximum atomic E-state index is 12.4. The number of rotatable bonds is 7. The minimum Gasteiger partial charge on any atom is -0.459 e. The molecule has 0 radical (unpaired) electrons. The van der Waals surface area contributed by atoms with Gasteiger partial charge in [-0.25, -0.2) is 4.68 Å². The second-order valence-corrected chi connectivity index (χ2v) is 6.10. The van der Waals surface area contributed by atoms with Crippen LogP contribution in [-0.2, 0) is 6.54 Å². The molecule has 2 amide bonds. The molecule has 0 aliphatic heterocycles. The number of nitrogens with one attached hydrogen (secondary N) is 2. The standard InChI is InChI=1S/C20H20N4O4/c1-2-3-12-24-18(25)11-10-16(23-24)19(26)21-14-6-8-15(9-7-14)22-20(27)17-5-4-13-28-17/h4-11,13H,2-3,12H2,1H3,(H,21,26)(H,22,27). The first-order valence-electron chi connectivity index (χ1n) is 8.91. The highest BCUT2D eigenvalue weighted by atomic mass is 16.3. The first kappa shape index (κ1) is 19.1. The molecule has 0 fully saturated rings. The molecule has 0 bridgehead atoms. The smallest absolute Gasteiger partial charge is 0.291 e. The van der Waals surface area contributed by atoms with E-state index in [1.54, 1.807) is 36.4 Å². The van der Waals surface area contributed by atoms with E-state index in [0.717, 1.165) is 12.8 Å². The Morgan fingerprint density at radius 2 is 1.68 bits per heavy atom. The Hall–Kier alpha value is -3.68. The topological polar surface area (TPSA) is 106 Å². The second-order valence-electron chi connectivity index (χ2n) is 6.10. The fourth-order valence-electron chi connectivity index (χ4n) is 2.47. The monoisotopic (exact) mass is 380 g/mol. The van der Waals surface area contributed by atoms with Gasteiger partial charge in [0.05, 0.1) is 6.26 Å². The van der Waals surface area contributed by atoms with Crippen LogP contribution in [0.5, 0.6) is 0 Å². The Morgan fingerprint density at radius 3 is 2.29 bits per heavy atom. The maximum Gasteiger partial charge on any atom is 0.291 e. The van der Waals surface area contributed by atoms with Gasteiger partial charge in [0, 0.05) is 24.0 Å². The van der Waals surface area contributed by atoms with Crippen molar-refractivity contribution in [3.8, 4) is 0 Å². The van der Waals surface area contributed by atoms with E-state index in [0.29, 0.717) is 17.9 Å². The van der Waals surface area contributed by atoms with Crippen LogP contribution in [0.1, 0.15) is 40.8 Å². The van der Waals surface area contributed by atoms with Gasteiger partial charge in [-0.1, -0.05) is 13.3 Å². The summed E-state index contributed by atoms with van der Waals surface area (Å²) in [5.41, 5.74) is 1.02. The number of carbonyl (C=O) groups is 2. The summed E-state index contributed by atoms with van der Waals surface area (Å²) >= 11 is 0. The third kappa shape index (κ3) is 4.73. The van der Waals surface area contributed by atoms with Gasteiger partial charge in [-0.2, -0.15) is 5.10 Å². The third-order valence-corrected chi connectivity index (χ3v) is 3.97. The molecule has 0 saturated heterocycles. The predicted molar refractivity (Wildman–Crippen MR) is 104 cm³/mol. The average Bonchev–Trinajstić information content (AvgIpc) is 3.24. The maximum absolute atomic E-state index is 12.4. The summed E-state index contributed by atoms with van der Waals surface area (Å²) in [5.74, 6) is -0.570. The third-order valence-electron chi connectivity index (χ3n) is 3.97. The molecular weight excluding hydrogens is 360 g/mol. The minimum atomic E-state index is -0.419. The van der Waals surface area contributed by atoms with Crippen LogP contribution in [-0.4, -0.2) is 21.6 Å². The predicted octanol–water partition coefficient (Wildman–Crippen LogP) is 3.14. The van der Waals surface area contributed by atoms with Gasteiger partial charge in [-0.05, 0) is 48.9 Å². The summed E-state index contributed by atoms with van der Waals surface area (Å²) in [6.45, 7) is 2.49. The number of unbranched alkanes of at least 4 members (excludes halogenated alkanes) is 1. The molecule has 28 heavy (non-hydrogen) atoms. The number of hydrogen-bond donors (Lipinski definition) is 2. The largest absolute Gasteiger partial charge is 0.459 e. The first-order valence-corrected chi connectivity index (χ1v) is 8.91. The molecule has 1 aromatic carbocycles. The minimum absolute atomic E-state index is 0.158. The van der Waals surface area contributed by atoms with Gasteiger partial charge < -0.3 is 15.1 Å². The van der Waals surface area contributed by atoms with E-state index in [1.165, 1.54) is 23.1 Å². The molecule has 0 spiro atoms. The van der Waals surface area contributed by atoms with Gasteiger partial charge in [0.25, 0.3) is 17.4 Å². The lowest BCUT2D eigenvalue weighted by molar-refractivity contribution is 0.0993. The van der Waals surface area contributed by atoms with Gasteiger partial charge in [-0.15, -0.1) is 0 Å². The first-order chi connectivity index (χ1) is 13.6. The highest BCUT2D eigenvalue weighted by Crippen LogP contribution is 2.15. The summed E-state index contributed by atoms with van der Waals surface area (Å²) in [6, 6.07) is 12.6. The van der Waals surface area contributed by atoms with Crippen molar-refractivity contribution in [1.82, 2.24) is 9.78 Å². The van der Waals surface area contributed by atoms with Crippen molar-refractivity contribution in [2.75, 3.05) is 10.6 Å². The zero-order valence-electron chi connectivity index (χ0n) is 15.3. The van der Waals surface area contributed by atoms with Crippen molar-refractivity contribution in [3.63, 3.8) is 0 Å². The molecule has 3 rings (SSSR count). The number of aryl methyl sites for hydroxylation is 1. The van der Waals surface area contributed by atoms with Crippen molar-refractivity contribution in [1.29, 1.82) is 0 Å². The SMILES string of the molecule is CCCCn1nc(C(=O)Nc2ccc(NC(=O)c3ccco3)cc2)ccc1=O. The van der Waals surface area contributed by atoms with E-state index in [9.17, 15) is 14.4 Å². The van der Waals surface area contributed by atoms with E-state index < -0.39 is 5.91 Å². The molecule has 0 saturated carbocycles. The summed E-state index contributed by atoms with van der Waals surface area (Å²) in [4.78, 5) is 36.1. The molecule has 0 aliphatic carbocycles. The van der Waals surface area contributed by atoms with Crippen LogP contribution in [0, 0.1) is 0 Å². The zero-order chi connectivity index (χ0) is 19.9. The molecule has 2 N–H and O–H groups in total. The van der Waals surface area contributed by atoms with E-state index in [-0.39, 0.29) is 22.9 Å². The fourth-order valence-corrected chi connectivity index (χ4v) is 2.47. The van der Waals surface area contributed by atoms with Crippen LogP contribution < -0.4 is 16.2 Å². The zero-order valence-corrected chi connectivity index (χ0v) is 15.3. The second kappa shape index (κ2) is 8.81. The van der Waals surface area contributed by atoms with Crippen molar-refractivity contribution < 1.29 is 14.0 Å². The van der Waals surface area contributed by atoms with Crippen molar-refractivity contribution in [2.24, 2.45) is 0 Å². The molecule has 144 valence electrons. The Bertz CT molecular complexity index is 1010. The number of aromatic nitrogens is 2. The summed E-state index contributed by atoms with van der Waals surface area (Å²) in [6.07, 6.45) is 3.16. The Balaban J connectivity index is 1.64. The molecule has 3 aromatic rings. The summed E-state index contributed by atoms with van der Waals surface area (Å²) in [5, 5.41) is 9.53. The average molecular weight is 380 g/mol. The van der Waals surface area contributed by atoms with Crippen molar-refractivity contribution in [2.45, 2.75) is 26.3 Å². The van der Waals surface area contributed by atoms with Crippen LogP contribution in [0.4, 0.5) is 11.4 Å². The van der Waals surface area contributed by atoms with Crippen LogP contribution in [0.3, 0.4) is 0 Å². The van der Waals surface area contributed by atoms with Crippen LogP contribution in [0.2, 0.25) is 0 Å². The number of carbonyl (C=O) groups excluding carboxylic acids is 2. The summed E-state index contributed by atoms with van der Waals surface area (Å²) < 4.78 is 6.33. The molecular formula is C20H20N4O4. The Labute approximate surface area is 161 Å². The number of benzene rings is 1. The lowest BCUT2D eigenvalue weighted by Gasteiger charge is -2.08. The number of nitrogens with zero attached hydrogens (tertiary/aromatic N) is 2. The highest BCUT2D eigenvalue weighted by molar-refractivity contribution is 6.04. The van der Waals surface area contributed by atoms with E-state index in [2.05, 4.69) is 15.7 Å². The van der Waals surface area contributed by atoms with Crippen LogP contribution >= 0.6 is 0 Å². The molecule has 0 atom stereocenters. The molecule has 0 aliphatic rings. The molecule has 2 aromatic heterocycles. The number of anilines is 2. The van der Waals surface area contributed by atoms with Gasteiger partial charge in [0.15, 0.2) is 5.76 Å². The van der Waals surface area contributed by atoms with Crippen LogP contribution in [0.25, 0.3) is 0 Å². The van der Waals surface area contributed by atoms with E-state index >= 15 is 0 Å². The summed E-state index contributed by atoms with van der Waals surface area (Å²) in [7, 11) is 0. The number of hydrogen-bond acceptors (Lipinski definition) is 5.